The molecule has 0 aliphatic carbocycles. The summed E-state index contributed by atoms with van der Waals surface area (Å²) in [6.45, 7) is 4.00. The van der Waals surface area contributed by atoms with Gasteiger partial charge in [0.25, 0.3) is 0 Å². The van der Waals surface area contributed by atoms with E-state index in [4.69, 9.17) is 14.9 Å². The minimum Gasteiger partial charge on any atom is -0.439 e. The van der Waals surface area contributed by atoms with E-state index < -0.39 is 11.5 Å². The van der Waals surface area contributed by atoms with E-state index in [0.29, 0.717) is 22.3 Å². The van der Waals surface area contributed by atoms with Crippen LogP contribution >= 0.6 is 0 Å². The molecule has 0 saturated carbocycles. The normalized spacial score (nSPS) is 16.1. The molecule has 0 amide bonds. The first kappa shape index (κ1) is 16.0. The van der Waals surface area contributed by atoms with E-state index in [1.165, 1.54) is 0 Å². The maximum atomic E-state index is 12.8. The third-order valence-electron chi connectivity index (χ3n) is 4.84. The van der Waals surface area contributed by atoms with Gasteiger partial charge in [-0.2, -0.15) is 5.26 Å². The van der Waals surface area contributed by atoms with Crippen LogP contribution in [0.2, 0.25) is 0 Å². The lowest BCUT2D eigenvalue weighted by Crippen LogP contribution is -2.26. The summed E-state index contributed by atoms with van der Waals surface area (Å²) in [6.07, 6.45) is 0. The van der Waals surface area contributed by atoms with Crippen molar-refractivity contribution in [3.05, 3.63) is 86.6 Å². The van der Waals surface area contributed by atoms with E-state index in [-0.39, 0.29) is 11.5 Å². The summed E-state index contributed by atoms with van der Waals surface area (Å²) in [5.74, 6) is -0.250. The van der Waals surface area contributed by atoms with Crippen LogP contribution < -0.4 is 16.1 Å². The van der Waals surface area contributed by atoms with Crippen molar-refractivity contribution in [2.24, 2.45) is 5.73 Å². The number of benzene rings is 2. The molecule has 5 nitrogen and oxygen atoms in total. The van der Waals surface area contributed by atoms with Crippen LogP contribution in [0.25, 0.3) is 11.0 Å². The molecule has 2 heterocycles. The summed E-state index contributed by atoms with van der Waals surface area (Å²) in [4.78, 5) is 12.8. The summed E-state index contributed by atoms with van der Waals surface area (Å²) >= 11 is 0. The first-order valence-corrected chi connectivity index (χ1v) is 8.21. The van der Waals surface area contributed by atoms with Crippen LogP contribution in [0.5, 0.6) is 5.75 Å². The molecule has 2 N–H and O–H groups in total. The van der Waals surface area contributed by atoms with E-state index in [2.05, 4.69) is 6.07 Å². The molecule has 0 spiro atoms. The number of nitriles is 1. The number of para-hydroxylation sites is 1. The quantitative estimate of drug-likeness (QED) is 0.681. The van der Waals surface area contributed by atoms with Gasteiger partial charge in [-0.15, -0.1) is 0 Å². The van der Waals surface area contributed by atoms with E-state index in [1.807, 2.05) is 38.1 Å². The van der Waals surface area contributed by atoms with Crippen LogP contribution in [0.3, 0.4) is 0 Å². The second kappa shape index (κ2) is 5.78. The Bertz CT molecular complexity index is 1180. The smallest absolute Gasteiger partial charge is 0.344 e. The highest BCUT2D eigenvalue weighted by Crippen LogP contribution is 2.43. The van der Waals surface area contributed by atoms with Gasteiger partial charge in [0.05, 0.1) is 16.9 Å². The highest BCUT2D eigenvalue weighted by Gasteiger charge is 2.35. The molecule has 3 aromatic rings. The maximum Gasteiger partial charge on any atom is 0.344 e. The second-order valence-corrected chi connectivity index (χ2v) is 6.40. The maximum absolute atomic E-state index is 12.8. The summed E-state index contributed by atoms with van der Waals surface area (Å²) in [7, 11) is 0. The summed E-state index contributed by atoms with van der Waals surface area (Å²) in [6, 6.07) is 15.1. The molecule has 0 saturated heterocycles. The minimum absolute atomic E-state index is 0.0129. The Balaban J connectivity index is 2.08. The average molecular weight is 344 g/mol. The Morgan fingerprint density at radius 3 is 2.62 bits per heavy atom. The molecule has 1 aliphatic heterocycles. The van der Waals surface area contributed by atoms with Gasteiger partial charge in [-0.05, 0) is 42.7 Å². The third kappa shape index (κ3) is 2.27. The van der Waals surface area contributed by atoms with Crippen LogP contribution in [0.1, 0.15) is 28.2 Å². The number of rotatable bonds is 1. The molecule has 1 aliphatic rings. The largest absolute Gasteiger partial charge is 0.439 e. The number of ether oxygens (including phenoxy) is 1. The van der Waals surface area contributed by atoms with Crippen LogP contribution in [-0.4, -0.2) is 0 Å². The van der Waals surface area contributed by atoms with Crippen molar-refractivity contribution in [3.63, 3.8) is 0 Å². The molecular formula is C21H16N2O3. The fourth-order valence-corrected chi connectivity index (χ4v) is 3.34. The van der Waals surface area contributed by atoms with Gasteiger partial charge < -0.3 is 14.9 Å². The van der Waals surface area contributed by atoms with Gasteiger partial charge in [0, 0.05) is 0 Å². The Morgan fingerprint density at radius 2 is 1.88 bits per heavy atom. The van der Waals surface area contributed by atoms with Gasteiger partial charge in [0.1, 0.15) is 17.2 Å². The Labute approximate surface area is 149 Å². The molecule has 0 fully saturated rings. The van der Waals surface area contributed by atoms with Crippen molar-refractivity contribution in [1.29, 1.82) is 5.26 Å². The first-order valence-electron chi connectivity index (χ1n) is 8.21. The molecule has 5 heteroatoms. The van der Waals surface area contributed by atoms with E-state index in [0.717, 1.165) is 16.7 Å². The van der Waals surface area contributed by atoms with Crippen molar-refractivity contribution in [1.82, 2.24) is 0 Å². The van der Waals surface area contributed by atoms with Gasteiger partial charge in [0.2, 0.25) is 5.88 Å². The zero-order valence-corrected chi connectivity index (χ0v) is 14.4. The van der Waals surface area contributed by atoms with Gasteiger partial charge >= 0.3 is 5.63 Å². The van der Waals surface area contributed by atoms with Crippen molar-refractivity contribution in [2.75, 3.05) is 0 Å². The fraction of sp³-hybridized carbons (Fsp3) is 0.143. The number of nitrogens with zero attached hydrogens (tertiary/aromatic N) is 1. The van der Waals surface area contributed by atoms with Gasteiger partial charge in [-0.25, -0.2) is 4.79 Å². The lowest BCUT2D eigenvalue weighted by atomic mass is 9.83. The number of hydrogen-bond donors (Lipinski definition) is 1. The number of nitrogens with two attached hydrogens (primary N) is 1. The standard InChI is InChI=1S/C21H16N2O3/c1-11-7-8-13(9-12(11)2)17-15(10-22)20(23)26-19-14-5-3-4-6-16(14)25-21(24)18(17)19/h3-9,17H,23H2,1-2H3/t17-/m0/s1. The Kier molecular flexibility index (Phi) is 3.55. The number of hydrogen-bond acceptors (Lipinski definition) is 5. The third-order valence-corrected chi connectivity index (χ3v) is 4.84. The molecule has 1 atom stereocenters. The molecule has 0 unspecified atom stereocenters. The summed E-state index contributed by atoms with van der Waals surface area (Å²) in [5.41, 5.74) is 9.45. The van der Waals surface area contributed by atoms with Gasteiger partial charge in [0.15, 0.2) is 5.75 Å². The number of fused-ring (bicyclic) bond motifs is 3. The molecule has 128 valence electrons. The van der Waals surface area contributed by atoms with Crippen LogP contribution in [-0.2, 0) is 0 Å². The molecule has 0 bridgehead atoms. The predicted octanol–water partition coefficient (Wildman–Crippen LogP) is 3.63. The van der Waals surface area contributed by atoms with Gasteiger partial charge in [-0.3, -0.25) is 0 Å². The van der Waals surface area contributed by atoms with E-state index >= 15 is 0 Å². The van der Waals surface area contributed by atoms with Crippen molar-refractivity contribution >= 4 is 11.0 Å². The highest BCUT2D eigenvalue weighted by molar-refractivity contribution is 5.86. The minimum atomic E-state index is -0.621. The molecule has 1 aromatic heterocycles. The van der Waals surface area contributed by atoms with Crippen molar-refractivity contribution in [3.8, 4) is 11.8 Å². The van der Waals surface area contributed by atoms with E-state index in [9.17, 15) is 10.1 Å². The van der Waals surface area contributed by atoms with E-state index in [1.54, 1.807) is 18.2 Å². The Morgan fingerprint density at radius 1 is 1.12 bits per heavy atom. The lowest BCUT2D eigenvalue weighted by molar-refractivity contribution is 0.388. The lowest BCUT2D eigenvalue weighted by Gasteiger charge is -2.26. The van der Waals surface area contributed by atoms with Crippen molar-refractivity contribution < 1.29 is 9.15 Å². The molecule has 4 rings (SSSR count). The fourth-order valence-electron chi connectivity index (χ4n) is 3.34. The summed E-state index contributed by atoms with van der Waals surface area (Å²) in [5, 5.41) is 10.3. The summed E-state index contributed by atoms with van der Waals surface area (Å²) < 4.78 is 11.2. The SMILES string of the molecule is Cc1ccc([C@H]2C(C#N)=C(N)Oc3c2c(=O)oc2ccccc32)cc1C. The first-order chi connectivity index (χ1) is 12.5. The molecule has 0 radical (unpaired) electrons. The predicted molar refractivity (Wildman–Crippen MR) is 97.7 cm³/mol. The zero-order chi connectivity index (χ0) is 18.4. The van der Waals surface area contributed by atoms with Gasteiger partial charge in [-0.1, -0.05) is 30.3 Å². The molecule has 2 aromatic carbocycles. The number of aryl methyl sites for hydroxylation is 2. The molecular weight excluding hydrogens is 328 g/mol. The molecule has 26 heavy (non-hydrogen) atoms. The van der Waals surface area contributed by atoms with Crippen LogP contribution in [0, 0.1) is 25.2 Å². The Hall–Kier alpha value is -3.52. The average Bonchev–Trinajstić information content (AvgIpc) is 2.63. The zero-order valence-electron chi connectivity index (χ0n) is 14.4. The highest BCUT2D eigenvalue weighted by atomic mass is 16.5. The topological polar surface area (TPSA) is 89.3 Å². The van der Waals surface area contributed by atoms with Crippen LogP contribution in [0.15, 0.2) is 63.1 Å². The van der Waals surface area contributed by atoms with Crippen molar-refractivity contribution in [2.45, 2.75) is 19.8 Å². The number of allylic oxidation sites excluding steroid dienone is 1. The monoisotopic (exact) mass is 344 g/mol. The second-order valence-electron chi connectivity index (χ2n) is 6.40. The van der Waals surface area contributed by atoms with Crippen LogP contribution in [0.4, 0.5) is 0 Å².